The van der Waals surface area contributed by atoms with E-state index in [2.05, 4.69) is 35.5 Å². The van der Waals surface area contributed by atoms with E-state index in [1.807, 2.05) is 71.1 Å². The number of methoxy groups -OCH3 is 1. The van der Waals surface area contributed by atoms with Gasteiger partial charge in [0.25, 0.3) is 0 Å². The number of pyridine rings is 1. The van der Waals surface area contributed by atoms with Crippen LogP contribution >= 0.6 is 0 Å². The van der Waals surface area contributed by atoms with Crippen molar-refractivity contribution in [3.63, 3.8) is 0 Å². The second-order valence-electron chi connectivity index (χ2n) is 11.6. The molecule has 1 aliphatic heterocycles. The van der Waals surface area contributed by atoms with E-state index in [0.717, 1.165) is 28.0 Å². The monoisotopic (exact) mass is 597 g/mol. The average molecular weight is 598 g/mol. The van der Waals surface area contributed by atoms with Crippen LogP contribution in [0.15, 0.2) is 48.9 Å². The minimum Gasteiger partial charge on any atom is -0.492 e. The summed E-state index contributed by atoms with van der Waals surface area (Å²) in [4.78, 5) is 30.1. The number of aryl methyl sites for hydroxylation is 2. The highest BCUT2D eigenvalue weighted by molar-refractivity contribution is 5.98. The maximum Gasteiger partial charge on any atom is 0.410 e. The Hall–Kier alpha value is -5.20. The zero-order chi connectivity index (χ0) is 31.0. The summed E-state index contributed by atoms with van der Waals surface area (Å²) in [7, 11) is 3.47. The number of aromatic nitrogens is 6. The van der Waals surface area contributed by atoms with Crippen molar-refractivity contribution in [1.29, 1.82) is 0 Å². The van der Waals surface area contributed by atoms with Gasteiger partial charge in [0.2, 0.25) is 0 Å². The lowest BCUT2D eigenvalue weighted by Crippen LogP contribution is -2.50. The van der Waals surface area contributed by atoms with Crippen molar-refractivity contribution in [2.75, 3.05) is 43.5 Å². The van der Waals surface area contributed by atoms with Gasteiger partial charge in [0.1, 0.15) is 34.8 Å². The molecular formula is C31H35N9O4. The third-order valence-electron chi connectivity index (χ3n) is 7.30. The highest BCUT2D eigenvalue weighted by Gasteiger charge is 2.28. The fourth-order valence-electron chi connectivity index (χ4n) is 5.14. The maximum absolute atomic E-state index is 12.6. The van der Waals surface area contributed by atoms with E-state index < -0.39 is 5.60 Å². The molecule has 1 saturated heterocycles. The highest BCUT2D eigenvalue weighted by Crippen LogP contribution is 2.38. The van der Waals surface area contributed by atoms with Crippen LogP contribution in [0, 0.1) is 6.92 Å². The fraction of sp³-hybridized carbons (Fsp3) is 0.355. The van der Waals surface area contributed by atoms with Crippen LogP contribution in [-0.4, -0.2) is 79.8 Å². The summed E-state index contributed by atoms with van der Waals surface area (Å²) in [6, 6.07) is 11.6. The van der Waals surface area contributed by atoms with Crippen molar-refractivity contribution in [2.45, 2.75) is 33.3 Å². The molecule has 0 saturated carbocycles. The van der Waals surface area contributed by atoms with Crippen LogP contribution in [0.1, 0.15) is 26.3 Å². The van der Waals surface area contributed by atoms with Gasteiger partial charge in [0.05, 0.1) is 29.7 Å². The Bertz CT molecular complexity index is 1840. The minimum atomic E-state index is -0.542. The zero-order valence-electron chi connectivity index (χ0n) is 25.7. The van der Waals surface area contributed by atoms with E-state index in [1.165, 1.54) is 6.33 Å². The maximum atomic E-state index is 12.6. The first-order chi connectivity index (χ1) is 21.1. The van der Waals surface area contributed by atoms with Crippen molar-refractivity contribution in [3.8, 4) is 17.2 Å². The first kappa shape index (κ1) is 28.9. The van der Waals surface area contributed by atoms with Crippen LogP contribution < -0.4 is 19.7 Å². The number of anilines is 3. The number of rotatable bonds is 6. The van der Waals surface area contributed by atoms with Crippen molar-refractivity contribution in [3.05, 3.63) is 54.5 Å². The number of amides is 1. The van der Waals surface area contributed by atoms with Crippen molar-refractivity contribution >= 4 is 45.4 Å². The van der Waals surface area contributed by atoms with E-state index in [1.54, 1.807) is 22.9 Å². The molecule has 13 nitrogen and oxygen atoms in total. The van der Waals surface area contributed by atoms with Crippen LogP contribution in [0.4, 0.5) is 22.1 Å². The largest absolute Gasteiger partial charge is 0.492 e. The van der Waals surface area contributed by atoms with Gasteiger partial charge in [-0.15, -0.1) is 5.10 Å². The molecule has 4 heterocycles. The molecule has 0 atom stereocenters. The lowest BCUT2D eigenvalue weighted by Gasteiger charge is -2.36. The first-order valence-corrected chi connectivity index (χ1v) is 14.3. The number of carbonyl (C=O) groups is 1. The number of benzene rings is 2. The quantitative estimate of drug-likeness (QED) is 0.276. The third kappa shape index (κ3) is 5.85. The number of carbonyl (C=O) groups excluding carboxylic acids is 1. The summed E-state index contributed by atoms with van der Waals surface area (Å²) in [5.74, 6) is 3.22. The molecule has 44 heavy (non-hydrogen) atoms. The molecule has 1 amide bonds. The molecule has 1 aliphatic rings. The van der Waals surface area contributed by atoms with Gasteiger partial charge < -0.3 is 29.3 Å². The molecule has 0 bridgehead atoms. The topological polar surface area (TPSA) is 133 Å². The molecule has 0 unspecified atom stereocenters. The second kappa shape index (κ2) is 11.5. The Morgan fingerprint density at radius 2 is 1.77 bits per heavy atom. The Morgan fingerprint density at radius 1 is 0.977 bits per heavy atom. The minimum absolute atomic E-state index is 0.311. The van der Waals surface area contributed by atoms with Gasteiger partial charge in [-0.25, -0.2) is 24.4 Å². The van der Waals surface area contributed by atoms with E-state index in [9.17, 15) is 4.79 Å². The van der Waals surface area contributed by atoms with Gasteiger partial charge in [-0.05, 0) is 63.6 Å². The molecule has 1 fully saturated rings. The summed E-state index contributed by atoms with van der Waals surface area (Å²) < 4.78 is 19.4. The fourth-order valence-corrected chi connectivity index (χ4v) is 5.14. The van der Waals surface area contributed by atoms with Crippen LogP contribution in [0.25, 0.3) is 21.9 Å². The SMILES string of the molecule is COc1c(N2CCN(C(=O)OC(C)(C)C)CC2)ncc2ncnc(Nc3ccc(Oc4ccc5c(c4)nnn5C)c(C)c3)c12. The van der Waals surface area contributed by atoms with E-state index >= 15 is 0 Å². The Morgan fingerprint density at radius 3 is 2.50 bits per heavy atom. The summed E-state index contributed by atoms with van der Waals surface area (Å²) in [5.41, 5.74) is 3.56. The van der Waals surface area contributed by atoms with Gasteiger partial charge in [-0.3, -0.25) is 0 Å². The van der Waals surface area contributed by atoms with Crippen molar-refractivity contribution in [1.82, 2.24) is 34.8 Å². The zero-order valence-corrected chi connectivity index (χ0v) is 25.7. The molecule has 6 rings (SSSR count). The molecule has 0 radical (unpaired) electrons. The number of piperazine rings is 1. The molecule has 228 valence electrons. The van der Waals surface area contributed by atoms with E-state index in [-0.39, 0.29) is 6.09 Å². The Labute approximate surface area is 254 Å². The number of nitrogens with one attached hydrogen (secondary N) is 1. The highest BCUT2D eigenvalue weighted by atomic mass is 16.6. The van der Waals surface area contributed by atoms with Gasteiger partial charge in [-0.2, -0.15) is 0 Å². The molecule has 3 aromatic heterocycles. The summed E-state index contributed by atoms with van der Waals surface area (Å²) in [6.07, 6.45) is 2.91. The molecule has 0 spiro atoms. The number of hydrogen-bond acceptors (Lipinski definition) is 11. The first-order valence-electron chi connectivity index (χ1n) is 14.3. The molecule has 0 aliphatic carbocycles. The lowest BCUT2D eigenvalue weighted by atomic mass is 10.2. The van der Waals surface area contributed by atoms with Gasteiger partial charge >= 0.3 is 6.09 Å². The molecule has 5 aromatic rings. The van der Waals surface area contributed by atoms with Crippen molar-refractivity contribution in [2.24, 2.45) is 7.05 Å². The standard InChI is InChI=1S/C31H35N9O4/c1-19-15-20(7-10-25(19)43-21-8-9-24-22(16-21)36-37-38(24)5)35-28-26-23(33-18-34-28)17-32-29(27(26)42-6)39-11-13-40(14-12-39)30(41)44-31(2,3)4/h7-10,15-18H,11-14H2,1-6H3,(H,33,34,35). The smallest absolute Gasteiger partial charge is 0.410 e. The van der Waals surface area contributed by atoms with Gasteiger partial charge in [-0.1, -0.05) is 5.21 Å². The average Bonchev–Trinajstić information content (AvgIpc) is 3.37. The van der Waals surface area contributed by atoms with Crippen LogP contribution in [0.2, 0.25) is 0 Å². The lowest BCUT2D eigenvalue weighted by molar-refractivity contribution is 0.0240. The molecule has 13 heteroatoms. The number of hydrogen-bond donors (Lipinski definition) is 1. The van der Waals surface area contributed by atoms with Crippen LogP contribution in [0.5, 0.6) is 17.2 Å². The molecule has 2 aromatic carbocycles. The summed E-state index contributed by atoms with van der Waals surface area (Å²) in [6.45, 7) is 9.75. The predicted molar refractivity (Wildman–Crippen MR) is 167 cm³/mol. The third-order valence-corrected chi connectivity index (χ3v) is 7.30. The normalized spacial score (nSPS) is 13.8. The van der Waals surface area contributed by atoms with Crippen molar-refractivity contribution < 1.29 is 19.0 Å². The number of ether oxygens (including phenoxy) is 3. The predicted octanol–water partition coefficient (Wildman–Crippen LogP) is 5.22. The van der Waals surface area contributed by atoms with Crippen LogP contribution in [0.3, 0.4) is 0 Å². The Kier molecular flexibility index (Phi) is 7.53. The van der Waals surface area contributed by atoms with E-state index in [0.29, 0.717) is 60.2 Å². The number of fused-ring (bicyclic) bond motifs is 2. The summed E-state index contributed by atoms with van der Waals surface area (Å²) >= 11 is 0. The van der Waals surface area contributed by atoms with Gasteiger partial charge in [0.15, 0.2) is 11.6 Å². The molecular weight excluding hydrogens is 562 g/mol. The summed E-state index contributed by atoms with van der Waals surface area (Å²) in [5, 5.41) is 12.4. The van der Waals surface area contributed by atoms with Gasteiger partial charge in [0, 0.05) is 45.0 Å². The number of nitrogens with zero attached hydrogens (tertiary/aromatic N) is 8. The van der Waals surface area contributed by atoms with E-state index in [4.69, 9.17) is 14.2 Å². The van der Waals surface area contributed by atoms with Crippen LogP contribution in [-0.2, 0) is 11.8 Å². The second-order valence-corrected chi connectivity index (χ2v) is 11.6. The molecule has 1 N–H and O–H groups in total. The Balaban J connectivity index is 1.22.